The van der Waals surface area contributed by atoms with E-state index in [4.69, 9.17) is 13.9 Å². The van der Waals surface area contributed by atoms with Crippen molar-refractivity contribution in [1.29, 1.82) is 0 Å². The van der Waals surface area contributed by atoms with Crippen LogP contribution in [0.1, 0.15) is 5.89 Å². The fraction of sp³-hybridized carbons (Fsp3) is 0. The zero-order chi connectivity index (χ0) is 13.2. The molecule has 0 aliphatic rings. The van der Waals surface area contributed by atoms with Crippen LogP contribution in [0.5, 0.6) is 0 Å². The van der Waals surface area contributed by atoms with E-state index in [0.29, 0.717) is 5.76 Å². The van der Waals surface area contributed by atoms with Gasteiger partial charge in [0.2, 0.25) is 5.89 Å². The van der Waals surface area contributed by atoms with Gasteiger partial charge in [-0.2, -0.15) is 0 Å². The number of carbonyl (C=O) groups is 1. The monoisotopic (exact) mass is 256 g/mol. The molecule has 0 saturated heterocycles. The predicted molar refractivity (Wildman–Crippen MR) is 66.2 cm³/mol. The van der Waals surface area contributed by atoms with Gasteiger partial charge in [0.15, 0.2) is 5.76 Å². The van der Waals surface area contributed by atoms with Crippen LogP contribution in [0.15, 0.2) is 45.2 Å². The maximum Gasteiger partial charge on any atom is 0.328 e. The lowest BCUT2D eigenvalue weighted by molar-refractivity contribution is -0.131. The highest BCUT2D eigenvalue weighted by molar-refractivity contribution is 5.84. The fourth-order valence-corrected chi connectivity index (χ4v) is 1.63. The van der Waals surface area contributed by atoms with E-state index in [1.54, 1.807) is 6.07 Å². The number of hydrogen-bond acceptors (Lipinski definition) is 5. The molecule has 2 heterocycles. The summed E-state index contributed by atoms with van der Waals surface area (Å²) >= 11 is 0. The SMILES string of the molecule is O=C(O)/C=C/c1nnc(-c2cc3ccccc3o2)o1. The summed E-state index contributed by atoms with van der Waals surface area (Å²) in [5.74, 6) is -0.314. The molecule has 0 atom stereocenters. The molecule has 0 aliphatic heterocycles. The molecule has 0 unspecified atom stereocenters. The number of aliphatic carboxylic acids is 1. The molecule has 19 heavy (non-hydrogen) atoms. The molecule has 0 radical (unpaired) electrons. The van der Waals surface area contributed by atoms with Gasteiger partial charge in [-0.25, -0.2) is 4.79 Å². The van der Waals surface area contributed by atoms with Gasteiger partial charge in [-0.1, -0.05) is 18.2 Å². The number of rotatable bonds is 3. The molecule has 6 heteroatoms. The van der Waals surface area contributed by atoms with Crippen molar-refractivity contribution in [2.75, 3.05) is 0 Å². The summed E-state index contributed by atoms with van der Waals surface area (Å²) in [6, 6.07) is 9.29. The van der Waals surface area contributed by atoms with E-state index in [0.717, 1.165) is 17.0 Å². The van der Waals surface area contributed by atoms with E-state index in [-0.39, 0.29) is 11.8 Å². The van der Waals surface area contributed by atoms with E-state index in [1.165, 1.54) is 6.08 Å². The number of para-hydroxylation sites is 1. The number of nitrogens with zero attached hydrogens (tertiary/aromatic N) is 2. The lowest BCUT2D eigenvalue weighted by atomic mass is 10.2. The Bertz CT molecular complexity index is 737. The molecule has 3 aromatic rings. The zero-order valence-electron chi connectivity index (χ0n) is 9.61. The highest BCUT2D eigenvalue weighted by Crippen LogP contribution is 2.26. The van der Waals surface area contributed by atoms with Crippen molar-refractivity contribution in [2.45, 2.75) is 0 Å². The minimum Gasteiger partial charge on any atom is -0.478 e. The van der Waals surface area contributed by atoms with Crippen LogP contribution in [-0.4, -0.2) is 21.3 Å². The molecular formula is C13H8N2O4. The largest absolute Gasteiger partial charge is 0.478 e. The Labute approximate surface area is 107 Å². The van der Waals surface area contributed by atoms with Crippen LogP contribution in [0.2, 0.25) is 0 Å². The number of hydrogen-bond donors (Lipinski definition) is 1. The van der Waals surface area contributed by atoms with Crippen LogP contribution in [0, 0.1) is 0 Å². The van der Waals surface area contributed by atoms with Gasteiger partial charge in [0, 0.05) is 17.5 Å². The summed E-state index contributed by atoms with van der Waals surface area (Å²) in [4.78, 5) is 10.4. The Hall–Kier alpha value is -2.89. The van der Waals surface area contributed by atoms with Crippen molar-refractivity contribution in [2.24, 2.45) is 0 Å². The smallest absolute Gasteiger partial charge is 0.328 e. The van der Waals surface area contributed by atoms with Crippen molar-refractivity contribution < 1.29 is 18.7 Å². The number of benzene rings is 1. The number of furan rings is 1. The minimum absolute atomic E-state index is 0.109. The van der Waals surface area contributed by atoms with E-state index in [1.807, 2.05) is 24.3 Å². The highest BCUT2D eigenvalue weighted by Gasteiger charge is 2.12. The summed E-state index contributed by atoms with van der Waals surface area (Å²) < 4.78 is 10.8. The second-order valence-corrected chi connectivity index (χ2v) is 3.77. The number of aromatic nitrogens is 2. The third-order valence-electron chi connectivity index (χ3n) is 2.45. The zero-order valence-corrected chi connectivity index (χ0v) is 9.61. The van der Waals surface area contributed by atoms with Gasteiger partial charge >= 0.3 is 5.97 Å². The molecule has 94 valence electrons. The maximum atomic E-state index is 10.4. The fourth-order valence-electron chi connectivity index (χ4n) is 1.63. The van der Waals surface area contributed by atoms with Gasteiger partial charge in [-0.3, -0.25) is 0 Å². The molecule has 2 aromatic heterocycles. The highest BCUT2D eigenvalue weighted by atomic mass is 16.4. The molecular weight excluding hydrogens is 248 g/mol. The first-order valence-electron chi connectivity index (χ1n) is 5.46. The van der Waals surface area contributed by atoms with Crippen molar-refractivity contribution in [1.82, 2.24) is 10.2 Å². The molecule has 0 amide bonds. The Morgan fingerprint density at radius 3 is 2.84 bits per heavy atom. The van der Waals surface area contributed by atoms with Crippen molar-refractivity contribution >= 4 is 23.0 Å². The summed E-state index contributed by atoms with van der Waals surface area (Å²) in [7, 11) is 0. The molecule has 0 bridgehead atoms. The molecule has 1 N–H and O–H groups in total. The second kappa shape index (κ2) is 4.41. The summed E-state index contributed by atoms with van der Waals surface area (Å²) in [5, 5.41) is 16.9. The van der Waals surface area contributed by atoms with Gasteiger partial charge in [0.25, 0.3) is 5.89 Å². The Kier molecular flexibility index (Phi) is 2.60. The van der Waals surface area contributed by atoms with E-state index in [2.05, 4.69) is 10.2 Å². The molecule has 3 rings (SSSR count). The van der Waals surface area contributed by atoms with E-state index in [9.17, 15) is 4.79 Å². The van der Waals surface area contributed by atoms with Crippen molar-refractivity contribution in [3.05, 3.63) is 42.3 Å². The topological polar surface area (TPSA) is 89.4 Å². The average Bonchev–Trinajstić information content (AvgIpc) is 3.02. The van der Waals surface area contributed by atoms with Gasteiger partial charge in [0.1, 0.15) is 5.58 Å². The van der Waals surface area contributed by atoms with Gasteiger partial charge in [-0.15, -0.1) is 10.2 Å². The molecule has 0 fully saturated rings. The van der Waals surface area contributed by atoms with Crippen LogP contribution in [-0.2, 0) is 4.79 Å². The van der Waals surface area contributed by atoms with Crippen LogP contribution in [0.25, 0.3) is 28.7 Å². The number of fused-ring (bicyclic) bond motifs is 1. The third kappa shape index (κ3) is 2.23. The molecule has 0 saturated carbocycles. The Morgan fingerprint density at radius 1 is 1.21 bits per heavy atom. The standard InChI is InChI=1S/C13H8N2O4/c16-12(17)6-5-11-14-15-13(19-11)10-7-8-3-1-2-4-9(8)18-10/h1-7H,(H,16,17)/b6-5+. The first-order valence-corrected chi connectivity index (χ1v) is 5.46. The molecule has 1 aromatic carbocycles. The molecule has 6 nitrogen and oxygen atoms in total. The summed E-state index contributed by atoms with van der Waals surface area (Å²) in [6.45, 7) is 0. The molecule has 0 aliphatic carbocycles. The van der Waals surface area contributed by atoms with Gasteiger partial charge in [-0.05, 0) is 12.1 Å². The maximum absolute atomic E-state index is 10.4. The van der Waals surface area contributed by atoms with Gasteiger partial charge < -0.3 is 13.9 Å². The van der Waals surface area contributed by atoms with Crippen molar-refractivity contribution in [3.63, 3.8) is 0 Å². The van der Waals surface area contributed by atoms with Crippen LogP contribution >= 0.6 is 0 Å². The number of carboxylic acid groups (broad SMARTS) is 1. The lowest BCUT2D eigenvalue weighted by Crippen LogP contribution is -1.85. The average molecular weight is 256 g/mol. The lowest BCUT2D eigenvalue weighted by Gasteiger charge is -1.85. The minimum atomic E-state index is -1.08. The van der Waals surface area contributed by atoms with Gasteiger partial charge in [0.05, 0.1) is 0 Å². The summed E-state index contributed by atoms with van der Waals surface area (Å²) in [5.41, 5.74) is 0.721. The van der Waals surface area contributed by atoms with Crippen LogP contribution < -0.4 is 0 Å². The normalized spacial score (nSPS) is 11.4. The predicted octanol–water partition coefficient (Wildman–Crippen LogP) is 2.58. The Morgan fingerprint density at radius 2 is 2.05 bits per heavy atom. The van der Waals surface area contributed by atoms with Crippen LogP contribution in [0.3, 0.4) is 0 Å². The molecule has 0 spiro atoms. The summed E-state index contributed by atoms with van der Waals surface area (Å²) in [6.07, 6.45) is 2.15. The van der Waals surface area contributed by atoms with Crippen molar-refractivity contribution in [3.8, 4) is 11.7 Å². The quantitative estimate of drug-likeness (QED) is 0.724. The van der Waals surface area contributed by atoms with Crippen LogP contribution in [0.4, 0.5) is 0 Å². The first kappa shape index (κ1) is 11.2. The Balaban J connectivity index is 1.96. The van der Waals surface area contributed by atoms with E-state index >= 15 is 0 Å². The third-order valence-corrected chi connectivity index (χ3v) is 2.45. The second-order valence-electron chi connectivity index (χ2n) is 3.77. The first-order chi connectivity index (χ1) is 9.22. The van der Waals surface area contributed by atoms with E-state index < -0.39 is 5.97 Å². The number of carboxylic acids is 1.